The number of nitrogens with zero attached hydrogens (tertiary/aromatic N) is 2. The molecule has 1 amide bonds. The third-order valence-electron chi connectivity index (χ3n) is 4.00. The van der Waals surface area contributed by atoms with E-state index < -0.39 is 5.91 Å². The fourth-order valence-corrected chi connectivity index (χ4v) is 3.10. The van der Waals surface area contributed by atoms with E-state index in [4.69, 9.17) is 11.5 Å². The average Bonchev–Trinajstić information content (AvgIpc) is 2.37. The zero-order chi connectivity index (χ0) is 14.9. The fraction of sp³-hybridized carbons (Fsp3) is 0.600. The van der Waals surface area contributed by atoms with Gasteiger partial charge < -0.3 is 16.4 Å². The minimum atomic E-state index is -0.418. The molecule has 2 heterocycles. The third-order valence-corrected chi connectivity index (χ3v) is 4.00. The molecule has 1 saturated heterocycles. The molecule has 2 unspecified atom stereocenters. The van der Waals surface area contributed by atoms with Crippen LogP contribution in [0.5, 0.6) is 0 Å². The van der Waals surface area contributed by atoms with Crippen molar-refractivity contribution in [2.24, 2.45) is 11.5 Å². The predicted octanol–water partition coefficient (Wildman–Crippen LogP) is 1.50. The average molecular weight is 276 g/mol. The summed E-state index contributed by atoms with van der Waals surface area (Å²) in [5.74, 6) is 0.288. The second kappa shape index (κ2) is 5.79. The number of primary amides is 1. The number of hydrogen-bond donors (Lipinski definition) is 2. The molecule has 0 bridgehead atoms. The lowest BCUT2D eigenvalue weighted by molar-refractivity contribution is 0.0999. The van der Waals surface area contributed by atoms with Gasteiger partial charge in [-0.2, -0.15) is 0 Å². The maximum absolute atomic E-state index is 11.8. The van der Waals surface area contributed by atoms with Crippen molar-refractivity contribution in [2.45, 2.75) is 52.1 Å². The Morgan fingerprint density at radius 1 is 1.45 bits per heavy atom. The maximum atomic E-state index is 11.8. The summed E-state index contributed by atoms with van der Waals surface area (Å²) >= 11 is 0. The third kappa shape index (κ3) is 2.77. The molecule has 1 aliphatic rings. The van der Waals surface area contributed by atoms with Crippen LogP contribution in [0.3, 0.4) is 0 Å². The summed E-state index contributed by atoms with van der Waals surface area (Å²) in [5, 5.41) is 0. The van der Waals surface area contributed by atoms with Crippen molar-refractivity contribution in [1.29, 1.82) is 0 Å². The van der Waals surface area contributed by atoms with Crippen molar-refractivity contribution in [3.05, 3.63) is 22.9 Å². The molecule has 20 heavy (non-hydrogen) atoms. The largest absolute Gasteiger partial charge is 0.365 e. The number of anilines is 1. The van der Waals surface area contributed by atoms with Crippen molar-refractivity contribution in [1.82, 2.24) is 4.98 Å². The summed E-state index contributed by atoms with van der Waals surface area (Å²) in [5.41, 5.74) is 14.0. The molecule has 0 aliphatic carbocycles. The smallest absolute Gasteiger partial charge is 0.252 e. The van der Waals surface area contributed by atoms with Crippen LogP contribution in [0.2, 0.25) is 0 Å². The van der Waals surface area contributed by atoms with Gasteiger partial charge in [-0.25, -0.2) is 4.98 Å². The van der Waals surface area contributed by atoms with E-state index in [9.17, 15) is 4.79 Å². The maximum Gasteiger partial charge on any atom is 0.252 e. The Morgan fingerprint density at radius 2 is 2.15 bits per heavy atom. The topological polar surface area (TPSA) is 85.2 Å². The van der Waals surface area contributed by atoms with Crippen LogP contribution in [0.4, 0.5) is 5.82 Å². The SMILES string of the molecule is Cc1cc(C)c(C(N)=O)c(N2CCCCC2C(C)N)n1. The van der Waals surface area contributed by atoms with E-state index in [-0.39, 0.29) is 12.1 Å². The van der Waals surface area contributed by atoms with Crippen LogP contribution < -0.4 is 16.4 Å². The Bertz CT molecular complexity index is 513. The lowest BCUT2D eigenvalue weighted by Gasteiger charge is -2.39. The van der Waals surface area contributed by atoms with Crippen molar-refractivity contribution >= 4 is 11.7 Å². The molecular formula is C15H24N4O. The molecule has 0 saturated carbocycles. The lowest BCUT2D eigenvalue weighted by Crippen LogP contribution is -2.50. The zero-order valence-electron chi connectivity index (χ0n) is 12.5. The van der Waals surface area contributed by atoms with Crippen molar-refractivity contribution in [2.75, 3.05) is 11.4 Å². The molecule has 0 aromatic carbocycles. The molecule has 0 spiro atoms. The molecular weight excluding hydrogens is 252 g/mol. The van der Waals surface area contributed by atoms with E-state index in [0.717, 1.165) is 30.6 Å². The zero-order valence-corrected chi connectivity index (χ0v) is 12.5. The van der Waals surface area contributed by atoms with Crippen LogP contribution in [-0.2, 0) is 0 Å². The monoisotopic (exact) mass is 276 g/mol. The van der Waals surface area contributed by atoms with Gasteiger partial charge in [-0.1, -0.05) is 0 Å². The van der Waals surface area contributed by atoms with E-state index in [2.05, 4.69) is 9.88 Å². The first kappa shape index (κ1) is 14.8. The Hall–Kier alpha value is -1.62. The van der Waals surface area contributed by atoms with Gasteiger partial charge in [-0.15, -0.1) is 0 Å². The highest BCUT2D eigenvalue weighted by atomic mass is 16.1. The van der Waals surface area contributed by atoms with E-state index in [1.807, 2.05) is 26.8 Å². The van der Waals surface area contributed by atoms with E-state index in [1.165, 1.54) is 6.42 Å². The fourth-order valence-electron chi connectivity index (χ4n) is 3.10. The summed E-state index contributed by atoms with van der Waals surface area (Å²) < 4.78 is 0. The van der Waals surface area contributed by atoms with Gasteiger partial charge in [-0.3, -0.25) is 4.79 Å². The summed E-state index contributed by atoms with van der Waals surface area (Å²) in [4.78, 5) is 18.6. The summed E-state index contributed by atoms with van der Waals surface area (Å²) in [7, 11) is 0. The van der Waals surface area contributed by atoms with E-state index >= 15 is 0 Å². The molecule has 5 heteroatoms. The number of pyridine rings is 1. The van der Waals surface area contributed by atoms with Gasteiger partial charge in [0, 0.05) is 24.3 Å². The molecule has 110 valence electrons. The number of aromatic nitrogens is 1. The minimum absolute atomic E-state index is 0.0404. The first-order chi connectivity index (χ1) is 9.41. The highest BCUT2D eigenvalue weighted by Crippen LogP contribution is 2.29. The number of carbonyl (C=O) groups excluding carboxylic acids is 1. The Labute approximate surface area is 120 Å². The summed E-state index contributed by atoms with van der Waals surface area (Å²) in [6.07, 6.45) is 3.29. The molecule has 2 rings (SSSR count). The quantitative estimate of drug-likeness (QED) is 0.876. The second-order valence-corrected chi connectivity index (χ2v) is 5.76. The van der Waals surface area contributed by atoms with Crippen LogP contribution in [0.25, 0.3) is 0 Å². The van der Waals surface area contributed by atoms with Gasteiger partial charge >= 0.3 is 0 Å². The minimum Gasteiger partial charge on any atom is -0.365 e. The number of nitrogens with two attached hydrogens (primary N) is 2. The molecule has 1 aliphatic heterocycles. The first-order valence-corrected chi connectivity index (χ1v) is 7.22. The molecule has 0 radical (unpaired) electrons. The lowest BCUT2D eigenvalue weighted by atomic mass is 9.95. The summed E-state index contributed by atoms with van der Waals surface area (Å²) in [6.45, 7) is 6.73. The van der Waals surface area contributed by atoms with Crippen LogP contribution in [0.15, 0.2) is 6.07 Å². The molecule has 5 nitrogen and oxygen atoms in total. The van der Waals surface area contributed by atoms with Crippen LogP contribution in [0, 0.1) is 13.8 Å². The van der Waals surface area contributed by atoms with Gasteiger partial charge in [-0.05, 0) is 51.7 Å². The number of hydrogen-bond acceptors (Lipinski definition) is 4. The molecule has 2 atom stereocenters. The Balaban J connectivity index is 2.51. The van der Waals surface area contributed by atoms with Gasteiger partial charge in [0.25, 0.3) is 5.91 Å². The first-order valence-electron chi connectivity index (χ1n) is 7.22. The van der Waals surface area contributed by atoms with Gasteiger partial charge in [0.2, 0.25) is 0 Å². The number of rotatable bonds is 3. The molecule has 1 aromatic rings. The number of aryl methyl sites for hydroxylation is 2. The van der Waals surface area contributed by atoms with Crippen molar-refractivity contribution in [3.8, 4) is 0 Å². The van der Waals surface area contributed by atoms with Crippen LogP contribution >= 0.6 is 0 Å². The van der Waals surface area contributed by atoms with Crippen molar-refractivity contribution in [3.63, 3.8) is 0 Å². The van der Waals surface area contributed by atoms with E-state index in [1.54, 1.807) is 0 Å². The predicted molar refractivity (Wildman–Crippen MR) is 80.9 cm³/mol. The van der Waals surface area contributed by atoms with Gasteiger partial charge in [0.15, 0.2) is 0 Å². The van der Waals surface area contributed by atoms with Crippen LogP contribution in [0.1, 0.15) is 47.8 Å². The standard InChI is InChI=1S/C15H24N4O/c1-9-8-10(2)18-15(13(9)14(17)20)19-7-5-4-6-12(19)11(3)16/h8,11-12H,4-7,16H2,1-3H3,(H2,17,20). The van der Waals surface area contributed by atoms with Gasteiger partial charge in [0.05, 0.1) is 5.56 Å². The normalized spacial score (nSPS) is 20.8. The highest BCUT2D eigenvalue weighted by molar-refractivity contribution is 5.99. The number of carbonyl (C=O) groups is 1. The molecule has 1 aromatic heterocycles. The summed E-state index contributed by atoms with van der Waals surface area (Å²) in [6, 6.07) is 2.16. The molecule has 4 N–H and O–H groups in total. The highest BCUT2D eigenvalue weighted by Gasteiger charge is 2.29. The number of piperidine rings is 1. The Morgan fingerprint density at radius 3 is 2.75 bits per heavy atom. The number of amides is 1. The van der Waals surface area contributed by atoms with Crippen molar-refractivity contribution < 1.29 is 4.79 Å². The van der Waals surface area contributed by atoms with E-state index in [0.29, 0.717) is 11.4 Å². The molecule has 1 fully saturated rings. The van der Waals surface area contributed by atoms with Gasteiger partial charge in [0.1, 0.15) is 5.82 Å². The Kier molecular flexibility index (Phi) is 4.28. The van der Waals surface area contributed by atoms with Crippen LogP contribution in [-0.4, -0.2) is 29.5 Å². The second-order valence-electron chi connectivity index (χ2n) is 5.76.